The van der Waals surface area contributed by atoms with Gasteiger partial charge in [-0.3, -0.25) is 4.98 Å². The van der Waals surface area contributed by atoms with E-state index in [2.05, 4.69) is 11.1 Å². The summed E-state index contributed by atoms with van der Waals surface area (Å²) in [4.78, 5) is 4.09. The Morgan fingerprint density at radius 3 is 3.00 bits per heavy atom. The molecule has 0 atom stereocenters. The number of aryl methyl sites for hydroxylation is 2. The lowest BCUT2D eigenvalue weighted by Crippen LogP contribution is -1.91. The van der Waals surface area contributed by atoms with Gasteiger partial charge in [0.05, 0.1) is 11.8 Å². The first-order valence-electron chi connectivity index (χ1n) is 4.25. The summed E-state index contributed by atoms with van der Waals surface area (Å²) in [7, 11) is 0. The zero-order valence-corrected chi connectivity index (χ0v) is 7.62. The van der Waals surface area contributed by atoms with Gasteiger partial charge in [0.15, 0.2) is 0 Å². The number of rotatable bonds is 3. The average molecular weight is 176 g/mol. The lowest BCUT2D eigenvalue weighted by molar-refractivity contribution is 0.462. The second-order valence-corrected chi connectivity index (χ2v) is 2.99. The molecule has 0 spiro atoms. The molecule has 1 aromatic rings. The van der Waals surface area contributed by atoms with E-state index in [0.717, 1.165) is 12.0 Å². The van der Waals surface area contributed by atoms with Gasteiger partial charge in [0.1, 0.15) is 5.75 Å². The topological polar surface area (TPSA) is 56.9 Å². The maximum Gasteiger partial charge on any atom is 0.137 e. The van der Waals surface area contributed by atoms with E-state index in [0.29, 0.717) is 18.5 Å². The molecule has 0 aliphatic heterocycles. The van der Waals surface area contributed by atoms with E-state index in [-0.39, 0.29) is 5.75 Å². The van der Waals surface area contributed by atoms with Gasteiger partial charge in [0.25, 0.3) is 0 Å². The van der Waals surface area contributed by atoms with Crippen molar-refractivity contribution in [1.29, 1.82) is 5.26 Å². The first-order valence-corrected chi connectivity index (χ1v) is 4.25. The molecule has 3 nitrogen and oxygen atoms in total. The summed E-state index contributed by atoms with van der Waals surface area (Å²) in [5.41, 5.74) is 1.63. The van der Waals surface area contributed by atoms with Crippen LogP contribution in [0.25, 0.3) is 0 Å². The molecule has 0 saturated heterocycles. The highest BCUT2D eigenvalue weighted by Gasteiger charge is 2.01. The van der Waals surface area contributed by atoms with Crippen molar-refractivity contribution in [3.05, 3.63) is 23.5 Å². The van der Waals surface area contributed by atoms with Gasteiger partial charge >= 0.3 is 0 Å². The fourth-order valence-corrected chi connectivity index (χ4v) is 1.11. The third kappa shape index (κ3) is 2.75. The molecular formula is C10H12N2O. The standard InChI is InChI=1S/C10H12N2O/c1-8-6-10(13)9(12-7-8)4-2-3-5-11/h6-7,13H,2-4H2,1H3. The summed E-state index contributed by atoms with van der Waals surface area (Å²) in [6, 6.07) is 3.75. The summed E-state index contributed by atoms with van der Waals surface area (Å²) in [6.45, 7) is 1.88. The fraction of sp³-hybridized carbons (Fsp3) is 0.400. The first-order chi connectivity index (χ1) is 6.24. The van der Waals surface area contributed by atoms with Crippen LogP contribution in [0.1, 0.15) is 24.1 Å². The summed E-state index contributed by atoms with van der Waals surface area (Å²) in [5, 5.41) is 17.8. The molecule has 0 saturated carbocycles. The van der Waals surface area contributed by atoms with E-state index in [1.165, 1.54) is 0 Å². The minimum absolute atomic E-state index is 0.234. The average Bonchev–Trinajstić information content (AvgIpc) is 2.09. The number of nitrogens with zero attached hydrogens (tertiary/aromatic N) is 2. The van der Waals surface area contributed by atoms with Crippen molar-refractivity contribution in [3.63, 3.8) is 0 Å². The van der Waals surface area contributed by atoms with Crippen molar-refractivity contribution in [2.75, 3.05) is 0 Å². The summed E-state index contributed by atoms with van der Waals surface area (Å²) < 4.78 is 0. The van der Waals surface area contributed by atoms with Gasteiger partial charge in [0, 0.05) is 12.6 Å². The summed E-state index contributed by atoms with van der Waals surface area (Å²) >= 11 is 0. The minimum atomic E-state index is 0.234. The van der Waals surface area contributed by atoms with Crippen LogP contribution in [-0.2, 0) is 6.42 Å². The number of pyridine rings is 1. The second kappa shape index (κ2) is 4.46. The minimum Gasteiger partial charge on any atom is -0.506 e. The van der Waals surface area contributed by atoms with E-state index in [1.54, 1.807) is 12.3 Å². The van der Waals surface area contributed by atoms with Crippen molar-refractivity contribution in [3.8, 4) is 11.8 Å². The predicted octanol–water partition coefficient (Wildman–Crippen LogP) is 1.94. The van der Waals surface area contributed by atoms with Gasteiger partial charge in [-0.1, -0.05) is 0 Å². The lowest BCUT2D eigenvalue weighted by Gasteiger charge is -2.02. The third-order valence-corrected chi connectivity index (χ3v) is 1.79. The van der Waals surface area contributed by atoms with Crippen LogP contribution in [-0.4, -0.2) is 10.1 Å². The highest BCUT2D eigenvalue weighted by molar-refractivity contribution is 5.29. The molecule has 68 valence electrons. The molecule has 0 aliphatic carbocycles. The molecule has 1 N–H and O–H groups in total. The zero-order chi connectivity index (χ0) is 9.68. The molecule has 0 amide bonds. The Balaban J connectivity index is 2.62. The monoisotopic (exact) mass is 176 g/mol. The smallest absolute Gasteiger partial charge is 0.137 e. The van der Waals surface area contributed by atoms with E-state index < -0.39 is 0 Å². The predicted molar refractivity (Wildman–Crippen MR) is 49.2 cm³/mol. The van der Waals surface area contributed by atoms with Crippen LogP contribution in [0, 0.1) is 18.3 Å². The number of hydrogen-bond donors (Lipinski definition) is 1. The summed E-state index contributed by atoms with van der Waals surface area (Å²) in [5.74, 6) is 0.234. The molecule has 0 fully saturated rings. The molecule has 0 aliphatic rings. The molecule has 1 aromatic heterocycles. The zero-order valence-electron chi connectivity index (χ0n) is 7.62. The molecule has 0 unspecified atom stereocenters. The molecule has 0 radical (unpaired) electrons. The van der Waals surface area contributed by atoms with Crippen LogP contribution >= 0.6 is 0 Å². The van der Waals surface area contributed by atoms with Gasteiger partial charge in [-0.2, -0.15) is 5.26 Å². The van der Waals surface area contributed by atoms with Gasteiger partial charge in [0.2, 0.25) is 0 Å². The SMILES string of the molecule is Cc1cnc(CCCC#N)c(O)c1. The summed E-state index contributed by atoms with van der Waals surface area (Å²) in [6.07, 6.45) is 3.65. The second-order valence-electron chi connectivity index (χ2n) is 2.99. The molecule has 1 heterocycles. The lowest BCUT2D eigenvalue weighted by atomic mass is 10.1. The third-order valence-electron chi connectivity index (χ3n) is 1.79. The quantitative estimate of drug-likeness (QED) is 0.716. The Kier molecular flexibility index (Phi) is 3.27. The van der Waals surface area contributed by atoms with Crippen molar-refractivity contribution in [1.82, 2.24) is 4.98 Å². The van der Waals surface area contributed by atoms with E-state index in [4.69, 9.17) is 5.26 Å². The molecule has 13 heavy (non-hydrogen) atoms. The maximum atomic E-state index is 9.45. The molecule has 0 aromatic carbocycles. The van der Waals surface area contributed by atoms with E-state index in [9.17, 15) is 5.11 Å². The Morgan fingerprint density at radius 2 is 2.38 bits per heavy atom. The van der Waals surface area contributed by atoms with Gasteiger partial charge in [-0.25, -0.2) is 0 Å². The number of aromatic hydroxyl groups is 1. The van der Waals surface area contributed by atoms with Crippen LogP contribution in [0.15, 0.2) is 12.3 Å². The highest BCUT2D eigenvalue weighted by atomic mass is 16.3. The highest BCUT2D eigenvalue weighted by Crippen LogP contribution is 2.17. The van der Waals surface area contributed by atoms with Gasteiger partial charge < -0.3 is 5.11 Å². The molecule has 1 rings (SSSR count). The first kappa shape index (κ1) is 9.53. The molecule has 3 heteroatoms. The Bertz CT molecular complexity index is 328. The normalized spacial score (nSPS) is 9.54. The maximum absolute atomic E-state index is 9.45. The van der Waals surface area contributed by atoms with Crippen LogP contribution in [0.3, 0.4) is 0 Å². The van der Waals surface area contributed by atoms with Crippen LogP contribution < -0.4 is 0 Å². The number of nitriles is 1. The van der Waals surface area contributed by atoms with Crippen molar-refractivity contribution < 1.29 is 5.11 Å². The van der Waals surface area contributed by atoms with Crippen LogP contribution in [0.5, 0.6) is 5.75 Å². The van der Waals surface area contributed by atoms with Crippen LogP contribution in [0.4, 0.5) is 0 Å². The molecular weight excluding hydrogens is 164 g/mol. The number of aromatic nitrogens is 1. The van der Waals surface area contributed by atoms with E-state index in [1.807, 2.05) is 6.92 Å². The Hall–Kier alpha value is -1.56. The van der Waals surface area contributed by atoms with Crippen molar-refractivity contribution in [2.24, 2.45) is 0 Å². The largest absolute Gasteiger partial charge is 0.506 e. The number of unbranched alkanes of at least 4 members (excludes halogenated alkanes) is 1. The van der Waals surface area contributed by atoms with Gasteiger partial charge in [-0.05, 0) is 31.4 Å². The van der Waals surface area contributed by atoms with Crippen molar-refractivity contribution >= 4 is 0 Å². The Labute approximate surface area is 77.7 Å². The van der Waals surface area contributed by atoms with Gasteiger partial charge in [-0.15, -0.1) is 0 Å². The van der Waals surface area contributed by atoms with E-state index >= 15 is 0 Å². The van der Waals surface area contributed by atoms with Crippen LogP contribution in [0.2, 0.25) is 0 Å². The van der Waals surface area contributed by atoms with Crippen molar-refractivity contribution in [2.45, 2.75) is 26.2 Å². The fourth-order valence-electron chi connectivity index (χ4n) is 1.11. The number of hydrogen-bond acceptors (Lipinski definition) is 3. The molecule has 0 bridgehead atoms. The Morgan fingerprint density at radius 1 is 1.62 bits per heavy atom.